The first-order valence-electron chi connectivity index (χ1n) is 7.87. The molecule has 0 aromatic heterocycles. The van der Waals surface area contributed by atoms with Crippen LogP contribution in [0.2, 0.25) is 0 Å². The Morgan fingerprint density at radius 1 is 1.00 bits per heavy atom. The van der Waals surface area contributed by atoms with Gasteiger partial charge in [0.2, 0.25) is 0 Å². The van der Waals surface area contributed by atoms with Gasteiger partial charge < -0.3 is 19.5 Å². The zero-order valence-electron chi connectivity index (χ0n) is 13.6. The fourth-order valence-corrected chi connectivity index (χ4v) is 1.98. The average molecular weight is 295 g/mol. The summed E-state index contributed by atoms with van der Waals surface area (Å²) in [6.07, 6.45) is 2.28. The van der Waals surface area contributed by atoms with Crippen LogP contribution in [0.5, 0.6) is 5.75 Å². The molecule has 0 radical (unpaired) electrons. The molecule has 1 N–H and O–H groups in total. The summed E-state index contributed by atoms with van der Waals surface area (Å²) in [5, 5.41) is 3.27. The largest absolute Gasteiger partial charge is 0.494 e. The number of unbranched alkanes of at least 4 members (excludes halogenated alkanes) is 1. The molecule has 0 spiro atoms. The van der Waals surface area contributed by atoms with Crippen molar-refractivity contribution >= 4 is 0 Å². The van der Waals surface area contributed by atoms with Crippen LogP contribution >= 0.6 is 0 Å². The van der Waals surface area contributed by atoms with Crippen molar-refractivity contribution in [2.45, 2.75) is 32.7 Å². The third-order valence-electron chi connectivity index (χ3n) is 3.24. The van der Waals surface area contributed by atoms with Gasteiger partial charge in [-0.05, 0) is 38.1 Å². The van der Waals surface area contributed by atoms with Crippen LogP contribution < -0.4 is 10.1 Å². The summed E-state index contributed by atoms with van der Waals surface area (Å²) in [5.41, 5.74) is 1.20. The molecular weight excluding hydrogens is 266 g/mol. The van der Waals surface area contributed by atoms with Gasteiger partial charge in [0.25, 0.3) is 0 Å². The fourth-order valence-electron chi connectivity index (χ4n) is 1.98. The number of likely N-dealkylation sites (N-methyl/N-ethyl adjacent to an activating group) is 1. The molecule has 0 amide bonds. The molecule has 0 heterocycles. The van der Waals surface area contributed by atoms with Crippen LogP contribution in [0, 0.1) is 0 Å². The monoisotopic (exact) mass is 295 g/mol. The highest BCUT2D eigenvalue weighted by atomic mass is 16.5. The Hall–Kier alpha value is -1.10. The lowest BCUT2D eigenvalue weighted by atomic mass is 10.1. The molecule has 0 saturated heterocycles. The summed E-state index contributed by atoms with van der Waals surface area (Å²) in [7, 11) is 1.95. The van der Waals surface area contributed by atoms with Crippen molar-refractivity contribution in [1.29, 1.82) is 0 Å². The normalized spacial score (nSPS) is 12.3. The second kappa shape index (κ2) is 11.5. The molecule has 0 aliphatic heterocycles. The molecule has 1 rings (SSSR count). The number of rotatable bonds is 12. The predicted octanol–water partition coefficient (Wildman–Crippen LogP) is 3.18. The Bertz CT molecular complexity index is 354. The summed E-state index contributed by atoms with van der Waals surface area (Å²) in [5.74, 6) is 0.904. The zero-order valence-corrected chi connectivity index (χ0v) is 13.6. The van der Waals surface area contributed by atoms with Crippen LogP contribution in [0.3, 0.4) is 0 Å². The fraction of sp³-hybridized carbons (Fsp3) is 0.647. The van der Waals surface area contributed by atoms with E-state index in [1.807, 2.05) is 26.1 Å². The topological polar surface area (TPSA) is 39.7 Å². The molecule has 0 aliphatic carbocycles. The van der Waals surface area contributed by atoms with Gasteiger partial charge in [0, 0.05) is 6.61 Å². The summed E-state index contributed by atoms with van der Waals surface area (Å²) in [4.78, 5) is 0. The second-order valence-corrected chi connectivity index (χ2v) is 4.88. The van der Waals surface area contributed by atoms with E-state index >= 15 is 0 Å². The van der Waals surface area contributed by atoms with E-state index in [1.54, 1.807) is 0 Å². The predicted molar refractivity (Wildman–Crippen MR) is 86.0 cm³/mol. The van der Waals surface area contributed by atoms with E-state index in [9.17, 15) is 0 Å². The molecule has 4 nitrogen and oxygen atoms in total. The molecule has 120 valence electrons. The number of hydrogen-bond donors (Lipinski definition) is 1. The summed E-state index contributed by atoms with van der Waals surface area (Å²) in [6.45, 7) is 7.61. The van der Waals surface area contributed by atoms with E-state index in [0.717, 1.165) is 18.8 Å². The van der Waals surface area contributed by atoms with Crippen LogP contribution in [-0.4, -0.2) is 40.1 Å². The Labute approximate surface area is 128 Å². The van der Waals surface area contributed by atoms with E-state index in [4.69, 9.17) is 14.2 Å². The first kappa shape index (κ1) is 18.0. The SMILES string of the molecule is CCCCOCCOCC(NC)c1ccc(OCC)cc1. The van der Waals surface area contributed by atoms with Crippen molar-refractivity contribution in [3.8, 4) is 5.75 Å². The lowest BCUT2D eigenvalue weighted by molar-refractivity contribution is 0.0388. The molecule has 0 aliphatic rings. The van der Waals surface area contributed by atoms with Crippen molar-refractivity contribution in [3.63, 3.8) is 0 Å². The maximum atomic E-state index is 5.68. The van der Waals surface area contributed by atoms with E-state index in [0.29, 0.717) is 26.4 Å². The van der Waals surface area contributed by atoms with Gasteiger partial charge in [0.15, 0.2) is 0 Å². The number of benzene rings is 1. The maximum Gasteiger partial charge on any atom is 0.119 e. The standard InChI is InChI=1S/C17H29NO3/c1-4-6-11-19-12-13-20-14-17(18-3)15-7-9-16(10-8-15)21-5-2/h7-10,17-18H,4-6,11-14H2,1-3H3. The molecule has 0 fully saturated rings. The van der Waals surface area contributed by atoms with Crippen LogP contribution in [-0.2, 0) is 9.47 Å². The minimum absolute atomic E-state index is 0.191. The van der Waals surface area contributed by atoms with Gasteiger partial charge in [-0.15, -0.1) is 0 Å². The molecule has 1 atom stereocenters. The Morgan fingerprint density at radius 2 is 1.71 bits per heavy atom. The van der Waals surface area contributed by atoms with E-state index in [1.165, 1.54) is 12.0 Å². The highest BCUT2D eigenvalue weighted by Gasteiger charge is 2.09. The number of ether oxygens (including phenoxy) is 3. The van der Waals surface area contributed by atoms with Gasteiger partial charge >= 0.3 is 0 Å². The minimum atomic E-state index is 0.191. The lowest BCUT2D eigenvalue weighted by Crippen LogP contribution is -2.22. The third-order valence-corrected chi connectivity index (χ3v) is 3.24. The van der Waals surface area contributed by atoms with E-state index < -0.39 is 0 Å². The van der Waals surface area contributed by atoms with Crippen molar-refractivity contribution < 1.29 is 14.2 Å². The molecule has 0 saturated carbocycles. The van der Waals surface area contributed by atoms with Crippen LogP contribution in [0.4, 0.5) is 0 Å². The molecule has 1 aromatic carbocycles. The minimum Gasteiger partial charge on any atom is -0.494 e. The van der Waals surface area contributed by atoms with Crippen molar-refractivity contribution in [2.75, 3.05) is 40.1 Å². The van der Waals surface area contributed by atoms with Crippen molar-refractivity contribution in [2.24, 2.45) is 0 Å². The van der Waals surface area contributed by atoms with E-state index in [2.05, 4.69) is 24.4 Å². The first-order chi connectivity index (χ1) is 10.3. The number of nitrogens with one attached hydrogen (secondary N) is 1. The Morgan fingerprint density at radius 3 is 2.33 bits per heavy atom. The van der Waals surface area contributed by atoms with E-state index in [-0.39, 0.29) is 6.04 Å². The summed E-state index contributed by atoms with van der Waals surface area (Å²) in [6, 6.07) is 8.34. The summed E-state index contributed by atoms with van der Waals surface area (Å²) >= 11 is 0. The Balaban J connectivity index is 2.27. The summed E-state index contributed by atoms with van der Waals surface area (Å²) < 4.78 is 16.6. The van der Waals surface area contributed by atoms with Gasteiger partial charge in [-0.25, -0.2) is 0 Å². The third kappa shape index (κ3) is 7.46. The molecule has 21 heavy (non-hydrogen) atoms. The second-order valence-electron chi connectivity index (χ2n) is 4.88. The molecular formula is C17H29NO3. The van der Waals surface area contributed by atoms with Crippen molar-refractivity contribution in [3.05, 3.63) is 29.8 Å². The molecule has 1 unspecified atom stereocenters. The number of hydrogen-bond acceptors (Lipinski definition) is 4. The van der Waals surface area contributed by atoms with Crippen LogP contribution in [0.25, 0.3) is 0 Å². The average Bonchev–Trinajstić information content (AvgIpc) is 2.52. The molecule has 1 aromatic rings. The quantitative estimate of drug-likeness (QED) is 0.601. The van der Waals surface area contributed by atoms with Crippen LogP contribution in [0.15, 0.2) is 24.3 Å². The highest BCUT2D eigenvalue weighted by Crippen LogP contribution is 2.18. The molecule has 0 bridgehead atoms. The van der Waals surface area contributed by atoms with Crippen molar-refractivity contribution in [1.82, 2.24) is 5.32 Å². The van der Waals surface area contributed by atoms with Crippen LogP contribution in [0.1, 0.15) is 38.3 Å². The zero-order chi connectivity index (χ0) is 15.3. The lowest BCUT2D eigenvalue weighted by Gasteiger charge is -2.17. The van der Waals surface area contributed by atoms with Gasteiger partial charge in [0.1, 0.15) is 5.75 Å². The molecule has 4 heteroatoms. The smallest absolute Gasteiger partial charge is 0.119 e. The van der Waals surface area contributed by atoms with Gasteiger partial charge in [-0.1, -0.05) is 25.5 Å². The van der Waals surface area contributed by atoms with Gasteiger partial charge in [-0.2, -0.15) is 0 Å². The Kier molecular flexibility index (Phi) is 9.87. The first-order valence-corrected chi connectivity index (χ1v) is 7.87. The maximum absolute atomic E-state index is 5.68. The van der Waals surface area contributed by atoms with Gasteiger partial charge in [0.05, 0.1) is 32.5 Å². The van der Waals surface area contributed by atoms with Gasteiger partial charge in [-0.3, -0.25) is 0 Å². The highest BCUT2D eigenvalue weighted by molar-refractivity contribution is 5.29.